The second-order valence-electron chi connectivity index (χ2n) is 5.88. The molecule has 0 saturated carbocycles. The number of alkyl halides is 1. The van der Waals surface area contributed by atoms with Crippen LogP contribution in [-0.4, -0.2) is 19.1 Å². The minimum Gasteiger partial charge on any atom is -0.385 e. The molecular weight excluding hydrogens is 244 g/mol. The van der Waals surface area contributed by atoms with Gasteiger partial charge < -0.3 is 4.74 Å². The normalized spacial score (nSPS) is 13.6. The molecular formula is C16H25ClO. The molecule has 1 rings (SSSR count). The van der Waals surface area contributed by atoms with Crippen LogP contribution in [0.5, 0.6) is 0 Å². The standard InChI is InChI=1S/C16H25ClO/c1-16(2,3)14-9-7-13(8-10-14)12-15(17)6-5-11-18-4/h7-10,15H,5-6,11-12H2,1-4H3. The van der Waals surface area contributed by atoms with Gasteiger partial charge in [0.1, 0.15) is 0 Å². The molecule has 0 heterocycles. The van der Waals surface area contributed by atoms with Gasteiger partial charge in [0.2, 0.25) is 0 Å². The average molecular weight is 269 g/mol. The summed E-state index contributed by atoms with van der Waals surface area (Å²) >= 11 is 6.33. The fourth-order valence-electron chi connectivity index (χ4n) is 1.95. The zero-order valence-corrected chi connectivity index (χ0v) is 12.8. The van der Waals surface area contributed by atoms with Gasteiger partial charge in [-0.1, -0.05) is 45.0 Å². The lowest BCUT2D eigenvalue weighted by atomic mass is 9.86. The van der Waals surface area contributed by atoms with Crippen molar-refractivity contribution in [1.82, 2.24) is 0 Å². The molecule has 1 atom stereocenters. The van der Waals surface area contributed by atoms with E-state index < -0.39 is 0 Å². The first-order chi connectivity index (χ1) is 8.43. The number of methoxy groups -OCH3 is 1. The van der Waals surface area contributed by atoms with Crippen molar-refractivity contribution in [2.45, 2.75) is 50.8 Å². The first-order valence-electron chi connectivity index (χ1n) is 6.66. The Morgan fingerprint density at radius 2 is 1.78 bits per heavy atom. The molecule has 1 unspecified atom stereocenters. The Bertz CT molecular complexity index is 337. The van der Waals surface area contributed by atoms with Crippen LogP contribution in [0.3, 0.4) is 0 Å². The number of benzene rings is 1. The number of rotatable bonds is 6. The van der Waals surface area contributed by atoms with Gasteiger partial charge in [0.25, 0.3) is 0 Å². The van der Waals surface area contributed by atoms with E-state index in [1.54, 1.807) is 7.11 Å². The van der Waals surface area contributed by atoms with Crippen LogP contribution in [0.1, 0.15) is 44.7 Å². The summed E-state index contributed by atoms with van der Waals surface area (Å²) in [7, 11) is 1.73. The van der Waals surface area contributed by atoms with Crippen molar-refractivity contribution < 1.29 is 4.74 Å². The number of hydrogen-bond acceptors (Lipinski definition) is 1. The molecule has 0 N–H and O–H groups in total. The Hall–Kier alpha value is -0.530. The van der Waals surface area contributed by atoms with Gasteiger partial charge in [-0.15, -0.1) is 11.6 Å². The van der Waals surface area contributed by atoms with Gasteiger partial charge in [-0.2, -0.15) is 0 Å². The maximum atomic E-state index is 6.33. The highest BCUT2D eigenvalue weighted by molar-refractivity contribution is 6.20. The molecule has 0 spiro atoms. The van der Waals surface area contributed by atoms with Crippen molar-refractivity contribution in [3.05, 3.63) is 35.4 Å². The second kappa shape index (κ2) is 7.16. The monoisotopic (exact) mass is 268 g/mol. The molecule has 0 bridgehead atoms. The number of halogens is 1. The highest BCUT2D eigenvalue weighted by atomic mass is 35.5. The number of ether oxygens (including phenoxy) is 1. The lowest BCUT2D eigenvalue weighted by molar-refractivity contribution is 0.192. The highest BCUT2D eigenvalue weighted by Crippen LogP contribution is 2.23. The molecule has 18 heavy (non-hydrogen) atoms. The van der Waals surface area contributed by atoms with Crippen molar-refractivity contribution in [3.63, 3.8) is 0 Å². The van der Waals surface area contributed by atoms with Crippen molar-refractivity contribution in [2.75, 3.05) is 13.7 Å². The molecule has 102 valence electrons. The summed E-state index contributed by atoms with van der Waals surface area (Å²) < 4.78 is 5.04. The van der Waals surface area contributed by atoms with E-state index in [0.29, 0.717) is 0 Å². The summed E-state index contributed by atoms with van der Waals surface area (Å²) in [5.41, 5.74) is 2.91. The van der Waals surface area contributed by atoms with Gasteiger partial charge in [0, 0.05) is 19.1 Å². The summed E-state index contributed by atoms with van der Waals surface area (Å²) in [6.07, 6.45) is 2.98. The predicted octanol–water partition coefficient (Wildman–Crippen LogP) is 4.56. The van der Waals surface area contributed by atoms with Crippen LogP contribution in [0.25, 0.3) is 0 Å². The predicted molar refractivity (Wildman–Crippen MR) is 79.6 cm³/mol. The second-order valence-corrected chi connectivity index (χ2v) is 6.50. The summed E-state index contributed by atoms with van der Waals surface area (Å²) in [5, 5.41) is 0.209. The van der Waals surface area contributed by atoms with E-state index in [2.05, 4.69) is 45.0 Å². The quantitative estimate of drug-likeness (QED) is 0.543. The Morgan fingerprint density at radius 3 is 2.28 bits per heavy atom. The van der Waals surface area contributed by atoms with Gasteiger partial charge in [-0.25, -0.2) is 0 Å². The third-order valence-electron chi connectivity index (χ3n) is 3.14. The van der Waals surface area contributed by atoms with E-state index in [4.69, 9.17) is 16.3 Å². The lowest BCUT2D eigenvalue weighted by Crippen LogP contribution is -2.11. The van der Waals surface area contributed by atoms with Crippen LogP contribution in [0.2, 0.25) is 0 Å². The minimum absolute atomic E-state index is 0.209. The summed E-state index contributed by atoms with van der Waals surface area (Å²) in [5.74, 6) is 0. The topological polar surface area (TPSA) is 9.23 Å². The van der Waals surface area contributed by atoms with Crippen LogP contribution in [0.4, 0.5) is 0 Å². The largest absolute Gasteiger partial charge is 0.385 e. The highest BCUT2D eigenvalue weighted by Gasteiger charge is 2.13. The smallest absolute Gasteiger partial charge is 0.0462 e. The molecule has 0 fully saturated rings. The van der Waals surface area contributed by atoms with Gasteiger partial charge in [0.05, 0.1) is 0 Å². The lowest BCUT2D eigenvalue weighted by Gasteiger charge is -2.19. The Morgan fingerprint density at radius 1 is 1.17 bits per heavy atom. The Balaban J connectivity index is 2.48. The molecule has 0 saturated heterocycles. The van der Waals surface area contributed by atoms with Crippen molar-refractivity contribution >= 4 is 11.6 Å². The molecule has 1 aromatic rings. The zero-order valence-electron chi connectivity index (χ0n) is 12.0. The van der Waals surface area contributed by atoms with Crippen molar-refractivity contribution in [3.8, 4) is 0 Å². The van der Waals surface area contributed by atoms with E-state index in [9.17, 15) is 0 Å². The van der Waals surface area contributed by atoms with Crippen molar-refractivity contribution in [2.24, 2.45) is 0 Å². The summed E-state index contributed by atoms with van der Waals surface area (Å²) in [6.45, 7) is 7.50. The molecule has 0 aliphatic heterocycles. The van der Waals surface area contributed by atoms with E-state index in [0.717, 1.165) is 25.9 Å². The van der Waals surface area contributed by atoms with Crippen LogP contribution in [0, 0.1) is 0 Å². The SMILES string of the molecule is COCCCC(Cl)Cc1ccc(C(C)(C)C)cc1. The first-order valence-corrected chi connectivity index (χ1v) is 7.09. The summed E-state index contributed by atoms with van der Waals surface area (Å²) in [6, 6.07) is 8.83. The van der Waals surface area contributed by atoms with Crippen LogP contribution >= 0.6 is 11.6 Å². The Labute approximate surface area is 116 Å². The maximum Gasteiger partial charge on any atom is 0.0462 e. The van der Waals surface area contributed by atoms with Crippen LogP contribution in [-0.2, 0) is 16.6 Å². The van der Waals surface area contributed by atoms with Crippen LogP contribution in [0.15, 0.2) is 24.3 Å². The van der Waals surface area contributed by atoms with E-state index >= 15 is 0 Å². The third-order valence-corrected chi connectivity index (χ3v) is 3.52. The minimum atomic E-state index is 0.209. The molecule has 1 nitrogen and oxygen atoms in total. The fourth-order valence-corrected chi connectivity index (χ4v) is 2.28. The van der Waals surface area contributed by atoms with Gasteiger partial charge in [0.15, 0.2) is 0 Å². The van der Waals surface area contributed by atoms with E-state index in [1.807, 2.05) is 0 Å². The van der Waals surface area contributed by atoms with E-state index in [-0.39, 0.29) is 10.8 Å². The van der Waals surface area contributed by atoms with Gasteiger partial charge >= 0.3 is 0 Å². The van der Waals surface area contributed by atoms with E-state index in [1.165, 1.54) is 11.1 Å². The molecule has 2 heteroatoms. The summed E-state index contributed by atoms with van der Waals surface area (Å²) in [4.78, 5) is 0. The van der Waals surface area contributed by atoms with Gasteiger partial charge in [-0.05, 0) is 35.8 Å². The third kappa shape index (κ3) is 5.41. The Kier molecular flexibility index (Phi) is 6.17. The molecule has 0 aliphatic carbocycles. The van der Waals surface area contributed by atoms with Crippen LogP contribution < -0.4 is 0 Å². The van der Waals surface area contributed by atoms with Gasteiger partial charge in [-0.3, -0.25) is 0 Å². The number of hydrogen-bond donors (Lipinski definition) is 0. The molecule has 1 aromatic carbocycles. The molecule has 0 aromatic heterocycles. The molecule has 0 radical (unpaired) electrons. The van der Waals surface area contributed by atoms with Crippen molar-refractivity contribution in [1.29, 1.82) is 0 Å². The molecule has 0 amide bonds. The zero-order chi connectivity index (χ0) is 13.6. The fraction of sp³-hybridized carbons (Fsp3) is 0.625. The average Bonchev–Trinajstić information content (AvgIpc) is 2.29. The molecule has 0 aliphatic rings. The first kappa shape index (κ1) is 15.5. The maximum absolute atomic E-state index is 6.33.